The molecule has 130 valence electrons. The molecule has 0 aliphatic carbocycles. The molecule has 4 rings (SSSR count). The van der Waals surface area contributed by atoms with E-state index in [1.54, 1.807) is 42.0 Å². The Bertz CT molecular complexity index is 897. The van der Waals surface area contributed by atoms with Crippen LogP contribution in [0.2, 0.25) is 0 Å². The van der Waals surface area contributed by atoms with Crippen molar-refractivity contribution in [2.45, 2.75) is 33.2 Å². The summed E-state index contributed by atoms with van der Waals surface area (Å²) in [6, 6.07) is 2.00. The Kier molecular flexibility index (Phi) is 4.54. The van der Waals surface area contributed by atoms with E-state index in [4.69, 9.17) is 4.98 Å². The smallest absolute Gasteiger partial charge is 0.221 e. The highest BCUT2D eigenvalue weighted by atomic mass is 32.1. The van der Waals surface area contributed by atoms with Crippen molar-refractivity contribution >= 4 is 43.8 Å². The minimum atomic E-state index is -0.0342. The van der Waals surface area contributed by atoms with E-state index >= 15 is 0 Å². The molecule has 0 atom stereocenters. The first-order valence-electron chi connectivity index (χ1n) is 8.51. The number of carbonyl (C=O) groups is 1. The Balaban J connectivity index is 1.81. The Labute approximate surface area is 154 Å². The highest BCUT2D eigenvalue weighted by Gasteiger charge is 2.27. The molecule has 0 radical (unpaired) electrons. The SMILES string of the molecule is CCCN1CCc2c(sc(NC(C)=O)c2-c2nc3cnccc3s2)C1. The Morgan fingerprint density at radius 2 is 2.28 bits per heavy atom. The number of thiophene rings is 1. The topological polar surface area (TPSA) is 58.1 Å². The van der Waals surface area contributed by atoms with Crippen LogP contribution in [0.15, 0.2) is 18.5 Å². The standard InChI is InChI=1S/C18H20N4OS2/c1-3-7-22-8-5-12-15(10-22)25-17(20-11(2)23)16(12)18-21-13-9-19-6-4-14(13)24-18/h4,6,9H,3,5,7-8,10H2,1-2H3,(H,20,23). The normalized spacial score (nSPS) is 14.6. The van der Waals surface area contributed by atoms with Gasteiger partial charge in [0.2, 0.25) is 5.91 Å². The van der Waals surface area contributed by atoms with Gasteiger partial charge < -0.3 is 5.32 Å². The van der Waals surface area contributed by atoms with Crippen LogP contribution in [0.3, 0.4) is 0 Å². The average Bonchev–Trinajstić information content (AvgIpc) is 3.14. The van der Waals surface area contributed by atoms with Gasteiger partial charge in [0.05, 0.1) is 10.9 Å². The monoisotopic (exact) mass is 372 g/mol. The molecule has 4 heterocycles. The predicted molar refractivity (Wildman–Crippen MR) is 104 cm³/mol. The van der Waals surface area contributed by atoms with E-state index in [2.05, 4.69) is 22.1 Å². The molecule has 3 aromatic rings. The highest BCUT2D eigenvalue weighted by Crippen LogP contribution is 2.45. The lowest BCUT2D eigenvalue weighted by Gasteiger charge is -2.26. The maximum atomic E-state index is 11.7. The summed E-state index contributed by atoms with van der Waals surface area (Å²) in [5.74, 6) is -0.0342. The van der Waals surface area contributed by atoms with Gasteiger partial charge in [0, 0.05) is 36.7 Å². The van der Waals surface area contributed by atoms with Gasteiger partial charge in [-0.1, -0.05) is 6.92 Å². The van der Waals surface area contributed by atoms with Gasteiger partial charge in [-0.25, -0.2) is 4.98 Å². The molecule has 5 nitrogen and oxygen atoms in total. The van der Waals surface area contributed by atoms with E-state index in [0.29, 0.717) is 0 Å². The summed E-state index contributed by atoms with van der Waals surface area (Å²) in [5, 5.41) is 4.95. The lowest BCUT2D eigenvalue weighted by Crippen LogP contribution is -2.30. The molecule has 1 amide bonds. The molecule has 0 saturated carbocycles. The van der Waals surface area contributed by atoms with Crippen LogP contribution >= 0.6 is 22.7 Å². The summed E-state index contributed by atoms with van der Waals surface area (Å²) < 4.78 is 1.13. The van der Waals surface area contributed by atoms with E-state index in [9.17, 15) is 4.79 Å². The van der Waals surface area contributed by atoms with E-state index in [0.717, 1.165) is 58.3 Å². The third-order valence-corrected chi connectivity index (χ3v) is 6.56. The number of hydrogen-bond donors (Lipinski definition) is 1. The van der Waals surface area contributed by atoms with Gasteiger partial charge in [-0.05, 0) is 31.0 Å². The molecular formula is C18H20N4OS2. The van der Waals surface area contributed by atoms with Crippen LogP contribution in [-0.2, 0) is 17.8 Å². The molecule has 0 aromatic carbocycles. The average molecular weight is 373 g/mol. The number of thiazole rings is 1. The maximum absolute atomic E-state index is 11.7. The van der Waals surface area contributed by atoms with E-state index < -0.39 is 0 Å². The van der Waals surface area contributed by atoms with Crippen molar-refractivity contribution in [1.29, 1.82) is 0 Å². The Morgan fingerprint density at radius 1 is 1.40 bits per heavy atom. The second kappa shape index (κ2) is 6.82. The van der Waals surface area contributed by atoms with Gasteiger partial charge in [0.25, 0.3) is 0 Å². The number of amides is 1. The number of aromatic nitrogens is 2. The number of carbonyl (C=O) groups excluding carboxylic acids is 1. The molecular weight excluding hydrogens is 352 g/mol. The molecule has 0 spiro atoms. The number of nitrogens with zero attached hydrogens (tertiary/aromatic N) is 3. The first-order valence-corrected chi connectivity index (χ1v) is 10.1. The van der Waals surface area contributed by atoms with E-state index in [-0.39, 0.29) is 5.91 Å². The molecule has 0 fully saturated rings. The highest BCUT2D eigenvalue weighted by molar-refractivity contribution is 7.22. The number of nitrogens with one attached hydrogen (secondary N) is 1. The van der Waals surface area contributed by atoms with Crippen molar-refractivity contribution in [1.82, 2.24) is 14.9 Å². The van der Waals surface area contributed by atoms with Crippen LogP contribution in [0.25, 0.3) is 20.8 Å². The minimum Gasteiger partial charge on any atom is -0.317 e. The zero-order valence-electron chi connectivity index (χ0n) is 14.3. The minimum absolute atomic E-state index is 0.0342. The summed E-state index contributed by atoms with van der Waals surface area (Å²) in [6.45, 7) is 6.93. The lowest BCUT2D eigenvalue weighted by molar-refractivity contribution is -0.114. The zero-order chi connectivity index (χ0) is 17.4. The van der Waals surface area contributed by atoms with Gasteiger partial charge >= 0.3 is 0 Å². The molecule has 1 aliphatic rings. The molecule has 1 N–H and O–H groups in total. The van der Waals surface area contributed by atoms with E-state index in [1.807, 2.05) is 6.07 Å². The number of anilines is 1. The molecule has 0 unspecified atom stereocenters. The summed E-state index contributed by atoms with van der Waals surface area (Å²) in [5.41, 5.74) is 3.39. The molecule has 0 bridgehead atoms. The van der Waals surface area contributed by atoms with Gasteiger partial charge in [-0.2, -0.15) is 0 Å². The summed E-state index contributed by atoms with van der Waals surface area (Å²) >= 11 is 3.37. The van der Waals surface area contributed by atoms with Gasteiger partial charge in [-0.15, -0.1) is 22.7 Å². The molecule has 1 aliphatic heterocycles. The first kappa shape index (κ1) is 16.6. The number of rotatable bonds is 4. The number of hydrogen-bond acceptors (Lipinski definition) is 6. The van der Waals surface area contributed by atoms with Crippen molar-refractivity contribution < 1.29 is 4.79 Å². The summed E-state index contributed by atoms with van der Waals surface area (Å²) in [6.07, 6.45) is 5.77. The van der Waals surface area contributed by atoms with Crippen molar-refractivity contribution in [2.24, 2.45) is 0 Å². The number of pyridine rings is 1. The Morgan fingerprint density at radius 3 is 3.04 bits per heavy atom. The van der Waals surface area contributed by atoms with Crippen molar-refractivity contribution in [2.75, 3.05) is 18.4 Å². The molecule has 3 aromatic heterocycles. The van der Waals surface area contributed by atoms with Crippen LogP contribution in [-0.4, -0.2) is 33.9 Å². The van der Waals surface area contributed by atoms with Crippen LogP contribution in [0.5, 0.6) is 0 Å². The predicted octanol–water partition coefficient (Wildman–Crippen LogP) is 4.15. The third-order valence-electron chi connectivity index (χ3n) is 4.37. The second-order valence-corrected chi connectivity index (χ2v) is 8.41. The molecule has 7 heteroatoms. The fourth-order valence-electron chi connectivity index (χ4n) is 3.32. The number of fused-ring (bicyclic) bond motifs is 2. The third kappa shape index (κ3) is 3.19. The van der Waals surface area contributed by atoms with Crippen LogP contribution in [0, 0.1) is 0 Å². The first-order chi connectivity index (χ1) is 12.2. The quantitative estimate of drug-likeness (QED) is 0.747. The fraction of sp³-hybridized carbons (Fsp3) is 0.389. The van der Waals surface area contributed by atoms with Crippen LogP contribution in [0.1, 0.15) is 30.7 Å². The lowest BCUT2D eigenvalue weighted by atomic mass is 10.0. The summed E-state index contributed by atoms with van der Waals surface area (Å²) in [4.78, 5) is 24.5. The fourth-order valence-corrected chi connectivity index (χ4v) is 5.74. The van der Waals surface area contributed by atoms with Gasteiger partial charge in [0.1, 0.15) is 15.5 Å². The maximum Gasteiger partial charge on any atom is 0.221 e. The van der Waals surface area contributed by atoms with Crippen LogP contribution < -0.4 is 5.32 Å². The van der Waals surface area contributed by atoms with Crippen molar-refractivity contribution in [3.05, 3.63) is 28.9 Å². The van der Waals surface area contributed by atoms with Crippen LogP contribution in [0.4, 0.5) is 5.00 Å². The van der Waals surface area contributed by atoms with Crippen molar-refractivity contribution in [3.63, 3.8) is 0 Å². The Hall–Kier alpha value is -1.83. The van der Waals surface area contributed by atoms with Gasteiger partial charge in [0.15, 0.2) is 0 Å². The second-order valence-electron chi connectivity index (χ2n) is 6.28. The van der Waals surface area contributed by atoms with Crippen molar-refractivity contribution in [3.8, 4) is 10.6 Å². The largest absolute Gasteiger partial charge is 0.317 e. The molecule has 0 saturated heterocycles. The zero-order valence-corrected chi connectivity index (χ0v) is 16.0. The van der Waals surface area contributed by atoms with E-state index in [1.165, 1.54) is 10.4 Å². The summed E-state index contributed by atoms with van der Waals surface area (Å²) in [7, 11) is 0. The molecule has 25 heavy (non-hydrogen) atoms. The van der Waals surface area contributed by atoms with Gasteiger partial charge in [-0.3, -0.25) is 14.7 Å².